The van der Waals surface area contributed by atoms with Crippen molar-refractivity contribution in [3.8, 4) is 0 Å². The highest BCUT2D eigenvalue weighted by atomic mass is 16.2. The van der Waals surface area contributed by atoms with E-state index in [0.717, 1.165) is 21.6 Å². The van der Waals surface area contributed by atoms with Gasteiger partial charge in [-0.3, -0.25) is 19.3 Å². The number of nitrogens with one attached hydrogen (secondary N) is 2. The number of nitrogens with zero attached hydrogens (tertiary/aromatic N) is 1. The number of hydrogen-bond acceptors (Lipinski definition) is 4. The molecule has 0 bridgehead atoms. The summed E-state index contributed by atoms with van der Waals surface area (Å²) in [5.74, 6) is -1.32. The van der Waals surface area contributed by atoms with Gasteiger partial charge in [-0.25, -0.2) is 4.79 Å². The van der Waals surface area contributed by atoms with Crippen LogP contribution in [0, 0.1) is 0 Å². The zero-order valence-electron chi connectivity index (χ0n) is 16.3. The molecular formula is C22H22N4O4. The Balaban J connectivity index is 1.36. The first-order valence-electron chi connectivity index (χ1n) is 9.79. The molecule has 154 valence electrons. The van der Waals surface area contributed by atoms with Crippen molar-refractivity contribution in [2.24, 2.45) is 5.73 Å². The van der Waals surface area contributed by atoms with Crippen LogP contribution >= 0.6 is 0 Å². The van der Waals surface area contributed by atoms with E-state index in [2.05, 4.69) is 10.6 Å². The third kappa shape index (κ3) is 3.41. The molecule has 2 aromatic carbocycles. The predicted molar refractivity (Wildman–Crippen MR) is 108 cm³/mol. The van der Waals surface area contributed by atoms with E-state index in [1.165, 1.54) is 0 Å². The summed E-state index contributed by atoms with van der Waals surface area (Å²) in [6.07, 6.45) is 1.68. The van der Waals surface area contributed by atoms with Gasteiger partial charge in [0, 0.05) is 12.1 Å². The zero-order valence-corrected chi connectivity index (χ0v) is 16.3. The fourth-order valence-electron chi connectivity index (χ4n) is 4.16. The molecule has 30 heavy (non-hydrogen) atoms. The number of fused-ring (bicyclic) bond motifs is 2. The lowest BCUT2D eigenvalue weighted by Crippen LogP contribution is -2.44. The number of carbonyl (C=O) groups is 4. The van der Waals surface area contributed by atoms with Gasteiger partial charge in [0.2, 0.25) is 11.8 Å². The standard InChI is InChI=1S/C22H22N4O4/c23-19(28)16-6-3-4-14(12-16)9-11-24-18(27)13-26-20(29)22(25-21(26)30)10-8-15-5-1-2-7-17(15)22/h1-7,12H,8-11,13H2,(H2,23,28)(H,24,27)(H,25,30). The van der Waals surface area contributed by atoms with Crippen molar-refractivity contribution in [2.75, 3.05) is 13.1 Å². The summed E-state index contributed by atoms with van der Waals surface area (Å²) in [7, 11) is 0. The van der Waals surface area contributed by atoms with E-state index in [1.807, 2.05) is 30.3 Å². The van der Waals surface area contributed by atoms with Gasteiger partial charge in [-0.15, -0.1) is 0 Å². The number of benzene rings is 2. The van der Waals surface area contributed by atoms with E-state index in [4.69, 9.17) is 5.73 Å². The van der Waals surface area contributed by atoms with Crippen LogP contribution in [0.5, 0.6) is 0 Å². The van der Waals surface area contributed by atoms with Crippen LogP contribution < -0.4 is 16.4 Å². The van der Waals surface area contributed by atoms with Crippen LogP contribution in [0.25, 0.3) is 0 Å². The van der Waals surface area contributed by atoms with Crippen molar-refractivity contribution in [3.05, 3.63) is 70.8 Å². The molecule has 8 heteroatoms. The van der Waals surface area contributed by atoms with Crippen LogP contribution in [0.1, 0.15) is 33.5 Å². The Kier molecular flexibility index (Phi) is 4.99. The summed E-state index contributed by atoms with van der Waals surface area (Å²) in [5.41, 5.74) is 7.30. The highest BCUT2D eigenvalue weighted by Crippen LogP contribution is 2.41. The van der Waals surface area contributed by atoms with Gasteiger partial charge >= 0.3 is 6.03 Å². The highest BCUT2D eigenvalue weighted by Gasteiger charge is 2.55. The minimum absolute atomic E-state index is 0.304. The van der Waals surface area contributed by atoms with E-state index < -0.39 is 23.4 Å². The maximum Gasteiger partial charge on any atom is 0.325 e. The highest BCUT2D eigenvalue weighted by molar-refractivity contribution is 6.09. The number of carbonyl (C=O) groups excluding carboxylic acids is 4. The zero-order chi connectivity index (χ0) is 21.3. The Labute approximate surface area is 173 Å². The van der Waals surface area contributed by atoms with Gasteiger partial charge in [-0.1, -0.05) is 36.4 Å². The fourth-order valence-corrected chi connectivity index (χ4v) is 4.16. The number of rotatable bonds is 6. The molecule has 0 radical (unpaired) electrons. The quantitative estimate of drug-likeness (QED) is 0.615. The van der Waals surface area contributed by atoms with E-state index in [1.54, 1.807) is 18.2 Å². The summed E-state index contributed by atoms with van der Waals surface area (Å²) >= 11 is 0. The normalized spacial score (nSPS) is 19.7. The lowest BCUT2D eigenvalue weighted by molar-refractivity contribution is -0.135. The minimum Gasteiger partial charge on any atom is -0.366 e. The number of nitrogens with two attached hydrogens (primary N) is 1. The molecule has 1 unspecified atom stereocenters. The molecule has 0 aromatic heterocycles. The van der Waals surface area contributed by atoms with Crippen molar-refractivity contribution in [1.82, 2.24) is 15.5 Å². The van der Waals surface area contributed by atoms with Crippen LogP contribution in [-0.4, -0.2) is 41.7 Å². The van der Waals surface area contributed by atoms with Gasteiger partial charge in [0.15, 0.2) is 0 Å². The van der Waals surface area contributed by atoms with Gasteiger partial charge in [0.25, 0.3) is 5.91 Å². The summed E-state index contributed by atoms with van der Waals surface area (Å²) in [6.45, 7) is -0.0332. The van der Waals surface area contributed by atoms with Crippen molar-refractivity contribution in [3.63, 3.8) is 0 Å². The van der Waals surface area contributed by atoms with Gasteiger partial charge in [-0.2, -0.15) is 0 Å². The van der Waals surface area contributed by atoms with E-state index >= 15 is 0 Å². The van der Waals surface area contributed by atoms with Crippen LogP contribution in [-0.2, 0) is 28.0 Å². The Morgan fingerprint density at radius 2 is 1.93 bits per heavy atom. The summed E-state index contributed by atoms with van der Waals surface area (Å²) in [5, 5.41) is 5.52. The second-order valence-electron chi connectivity index (χ2n) is 7.55. The monoisotopic (exact) mass is 406 g/mol. The third-order valence-corrected chi connectivity index (χ3v) is 5.67. The second kappa shape index (κ2) is 7.62. The van der Waals surface area contributed by atoms with Crippen LogP contribution in [0.3, 0.4) is 0 Å². The largest absolute Gasteiger partial charge is 0.366 e. The first kappa shape index (κ1) is 19.6. The lowest BCUT2D eigenvalue weighted by atomic mass is 9.92. The Hall–Kier alpha value is -3.68. The third-order valence-electron chi connectivity index (χ3n) is 5.67. The molecule has 1 fully saturated rings. The number of imide groups is 1. The molecule has 2 aliphatic rings. The van der Waals surface area contributed by atoms with Gasteiger partial charge in [-0.05, 0) is 48.1 Å². The number of urea groups is 1. The minimum atomic E-state index is -1.07. The number of primary amides is 1. The first-order valence-corrected chi connectivity index (χ1v) is 9.79. The molecule has 2 aromatic rings. The first-order chi connectivity index (χ1) is 14.4. The Morgan fingerprint density at radius 3 is 2.73 bits per heavy atom. The SMILES string of the molecule is NC(=O)c1cccc(CCNC(=O)CN2C(=O)NC3(CCc4ccccc43)C2=O)c1. The fraction of sp³-hybridized carbons (Fsp3) is 0.273. The van der Waals surface area contributed by atoms with Gasteiger partial charge in [0.05, 0.1) is 0 Å². The average Bonchev–Trinajstić information content (AvgIpc) is 3.22. The molecule has 8 nitrogen and oxygen atoms in total. The molecule has 1 heterocycles. The molecular weight excluding hydrogens is 384 g/mol. The molecule has 4 N–H and O–H groups in total. The molecule has 1 saturated heterocycles. The van der Waals surface area contributed by atoms with E-state index in [9.17, 15) is 19.2 Å². The number of aryl methyl sites for hydroxylation is 1. The molecule has 4 rings (SSSR count). The maximum absolute atomic E-state index is 13.1. The van der Waals surface area contributed by atoms with Gasteiger partial charge < -0.3 is 16.4 Å². The van der Waals surface area contributed by atoms with Crippen molar-refractivity contribution < 1.29 is 19.2 Å². The molecule has 0 saturated carbocycles. The maximum atomic E-state index is 13.1. The van der Waals surface area contributed by atoms with Crippen molar-refractivity contribution in [1.29, 1.82) is 0 Å². The Morgan fingerprint density at radius 1 is 1.13 bits per heavy atom. The lowest BCUT2D eigenvalue weighted by Gasteiger charge is -2.22. The summed E-state index contributed by atoms with van der Waals surface area (Å²) in [4.78, 5) is 50.1. The molecule has 1 spiro atoms. The van der Waals surface area contributed by atoms with Crippen LogP contribution in [0.2, 0.25) is 0 Å². The topological polar surface area (TPSA) is 122 Å². The van der Waals surface area contributed by atoms with Gasteiger partial charge in [0.1, 0.15) is 12.1 Å². The Bertz CT molecular complexity index is 1050. The van der Waals surface area contributed by atoms with Crippen LogP contribution in [0.15, 0.2) is 48.5 Å². The van der Waals surface area contributed by atoms with E-state index in [-0.39, 0.29) is 12.5 Å². The summed E-state index contributed by atoms with van der Waals surface area (Å²) in [6, 6.07) is 13.8. The predicted octanol–water partition coefficient (Wildman–Crippen LogP) is 0.838. The second-order valence-corrected chi connectivity index (χ2v) is 7.55. The smallest absolute Gasteiger partial charge is 0.325 e. The van der Waals surface area contributed by atoms with E-state index in [0.29, 0.717) is 31.4 Å². The number of amides is 5. The average molecular weight is 406 g/mol. The van der Waals surface area contributed by atoms with Crippen LogP contribution in [0.4, 0.5) is 4.79 Å². The van der Waals surface area contributed by atoms with Crippen molar-refractivity contribution in [2.45, 2.75) is 24.8 Å². The summed E-state index contributed by atoms with van der Waals surface area (Å²) < 4.78 is 0. The molecule has 1 atom stereocenters. The van der Waals surface area contributed by atoms with Crippen molar-refractivity contribution >= 4 is 23.8 Å². The molecule has 1 aliphatic carbocycles. The molecule has 1 aliphatic heterocycles. The number of hydrogen-bond donors (Lipinski definition) is 3. The molecule has 5 amide bonds.